The average Bonchev–Trinajstić information content (AvgIpc) is 2.92. The van der Waals surface area contributed by atoms with Crippen molar-refractivity contribution in [3.05, 3.63) is 95.6 Å². The van der Waals surface area contributed by atoms with Crippen LogP contribution in [0.4, 0.5) is 5.69 Å². The molecule has 0 aromatic heterocycles. The van der Waals surface area contributed by atoms with Gasteiger partial charge < -0.3 is 15.0 Å². The normalized spacial score (nSPS) is 15.4. The molecule has 1 atom stereocenters. The molecule has 5 heteroatoms. The third-order valence-corrected chi connectivity index (χ3v) is 7.15. The molecular formula is C32H38N2O3. The van der Waals surface area contributed by atoms with E-state index in [1.165, 1.54) is 5.56 Å². The van der Waals surface area contributed by atoms with Crippen molar-refractivity contribution in [2.24, 2.45) is 5.92 Å². The van der Waals surface area contributed by atoms with E-state index in [0.717, 1.165) is 50.1 Å². The summed E-state index contributed by atoms with van der Waals surface area (Å²) in [6, 6.07) is 26.1. The van der Waals surface area contributed by atoms with Gasteiger partial charge in [-0.3, -0.25) is 9.59 Å². The average molecular weight is 499 g/mol. The van der Waals surface area contributed by atoms with E-state index in [4.69, 9.17) is 4.74 Å². The Morgan fingerprint density at radius 2 is 1.65 bits per heavy atom. The first-order chi connectivity index (χ1) is 17.9. The number of nitrogens with zero attached hydrogens (tertiary/aromatic N) is 1. The number of hydrogen-bond acceptors (Lipinski definition) is 4. The summed E-state index contributed by atoms with van der Waals surface area (Å²) in [4.78, 5) is 26.7. The number of benzene rings is 3. The first-order valence-corrected chi connectivity index (χ1v) is 13.4. The van der Waals surface area contributed by atoms with Gasteiger partial charge >= 0.3 is 0 Å². The predicted octanol–water partition coefficient (Wildman–Crippen LogP) is 6.87. The summed E-state index contributed by atoms with van der Waals surface area (Å²) >= 11 is 0. The zero-order chi connectivity index (χ0) is 26.2. The number of likely N-dealkylation sites (tertiary alicyclic amines) is 1. The number of hydrogen-bond donors (Lipinski definition) is 1. The van der Waals surface area contributed by atoms with Gasteiger partial charge in [0, 0.05) is 24.6 Å². The molecule has 0 spiro atoms. The van der Waals surface area contributed by atoms with Crippen LogP contribution in [0, 0.1) is 5.92 Å². The smallest absolute Gasteiger partial charge is 0.226 e. The summed E-state index contributed by atoms with van der Waals surface area (Å²) in [7, 11) is 0. The van der Waals surface area contributed by atoms with Crippen LogP contribution >= 0.6 is 0 Å². The Labute approximate surface area is 220 Å². The zero-order valence-corrected chi connectivity index (χ0v) is 22.2. The Bertz CT molecular complexity index is 1180. The fraction of sp³-hybridized carbons (Fsp3) is 0.375. The maximum absolute atomic E-state index is 12.1. The van der Waals surface area contributed by atoms with Crippen LogP contribution in [0.15, 0.2) is 78.9 Å². The highest BCUT2D eigenvalue weighted by atomic mass is 16.5. The van der Waals surface area contributed by atoms with Gasteiger partial charge in [0.2, 0.25) is 5.91 Å². The topological polar surface area (TPSA) is 58.6 Å². The molecule has 1 N–H and O–H groups in total. The van der Waals surface area contributed by atoms with Gasteiger partial charge in [-0.15, -0.1) is 0 Å². The second-order valence-electron chi connectivity index (χ2n) is 10.2. The molecule has 194 valence electrons. The summed E-state index contributed by atoms with van der Waals surface area (Å²) in [5.41, 5.74) is 3.92. The van der Waals surface area contributed by atoms with Crippen LogP contribution in [0.3, 0.4) is 0 Å². The van der Waals surface area contributed by atoms with Gasteiger partial charge in [0.25, 0.3) is 0 Å². The number of anilines is 1. The highest BCUT2D eigenvalue weighted by molar-refractivity contribution is 5.96. The molecular weight excluding hydrogens is 460 g/mol. The summed E-state index contributed by atoms with van der Waals surface area (Å²) in [6.07, 6.45) is 2.90. The van der Waals surface area contributed by atoms with Crippen LogP contribution in [0.1, 0.15) is 73.5 Å². The minimum atomic E-state index is -0.124. The molecule has 0 saturated carbocycles. The molecule has 37 heavy (non-hydrogen) atoms. The first-order valence-electron chi connectivity index (χ1n) is 13.4. The molecule has 1 saturated heterocycles. The lowest BCUT2D eigenvalue weighted by molar-refractivity contribution is -0.118. The number of amides is 1. The van der Waals surface area contributed by atoms with Crippen LogP contribution < -0.4 is 10.1 Å². The number of Topliss-reactive ketones (excluding diaryl/α,β-unsaturated/α-hetero) is 1. The molecule has 1 amide bonds. The van der Waals surface area contributed by atoms with E-state index in [2.05, 4.69) is 34.5 Å². The molecule has 3 aromatic carbocycles. The summed E-state index contributed by atoms with van der Waals surface area (Å²) in [5, 5.41) is 3.02. The van der Waals surface area contributed by atoms with Crippen molar-refractivity contribution >= 4 is 17.4 Å². The van der Waals surface area contributed by atoms with Gasteiger partial charge in [-0.2, -0.15) is 0 Å². The molecule has 0 unspecified atom stereocenters. The van der Waals surface area contributed by atoms with E-state index in [0.29, 0.717) is 17.2 Å². The lowest BCUT2D eigenvalue weighted by Gasteiger charge is -2.33. The van der Waals surface area contributed by atoms with Crippen molar-refractivity contribution in [2.75, 3.05) is 25.0 Å². The van der Waals surface area contributed by atoms with Gasteiger partial charge in [-0.25, -0.2) is 0 Å². The van der Waals surface area contributed by atoms with Crippen molar-refractivity contribution in [3.63, 3.8) is 0 Å². The molecule has 0 bridgehead atoms. The van der Waals surface area contributed by atoms with Crippen molar-refractivity contribution in [3.8, 4) is 5.75 Å². The van der Waals surface area contributed by atoms with Crippen LogP contribution in [0.5, 0.6) is 5.75 Å². The zero-order valence-electron chi connectivity index (χ0n) is 22.2. The van der Waals surface area contributed by atoms with Crippen molar-refractivity contribution in [1.29, 1.82) is 0 Å². The summed E-state index contributed by atoms with van der Waals surface area (Å²) in [6.45, 7) is 8.38. The molecule has 1 aliphatic heterocycles. The Morgan fingerprint density at radius 3 is 2.35 bits per heavy atom. The fourth-order valence-electron chi connectivity index (χ4n) is 4.92. The molecule has 1 fully saturated rings. The Kier molecular flexibility index (Phi) is 9.13. The number of carbonyl (C=O) groups is 2. The van der Waals surface area contributed by atoms with E-state index in [9.17, 15) is 9.59 Å². The Balaban J connectivity index is 1.36. The number of ketones is 1. The van der Waals surface area contributed by atoms with Gasteiger partial charge in [0.1, 0.15) is 11.9 Å². The minimum Gasteiger partial charge on any atom is -0.485 e. The van der Waals surface area contributed by atoms with Crippen LogP contribution in [-0.4, -0.2) is 36.2 Å². The summed E-state index contributed by atoms with van der Waals surface area (Å²) < 4.78 is 6.45. The number of carbonyl (C=O) groups excluding carboxylic acids is 2. The van der Waals surface area contributed by atoms with Crippen molar-refractivity contribution in [1.82, 2.24) is 4.90 Å². The number of ether oxygens (including phenoxy) is 1. The molecule has 1 heterocycles. The third-order valence-electron chi connectivity index (χ3n) is 7.15. The van der Waals surface area contributed by atoms with E-state index in [-0.39, 0.29) is 23.7 Å². The predicted molar refractivity (Wildman–Crippen MR) is 149 cm³/mol. The van der Waals surface area contributed by atoms with Crippen LogP contribution in [-0.2, 0) is 4.79 Å². The van der Waals surface area contributed by atoms with E-state index in [1.54, 1.807) is 6.92 Å². The van der Waals surface area contributed by atoms with Crippen LogP contribution in [0.2, 0.25) is 0 Å². The van der Waals surface area contributed by atoms with E-state index in [1.807, 2.05) is 68.4 Å². The molecule has 1 aliphatic rings. The SMILES string of the molecule is CC(=O)c1ccccc1O[C@@H](CCN1CCC(c2cccc(NC(=O)C(C)C)c2)CC1)c1ccccc1. The molecule has 0 radical (unpaired) electrons. The third kappa shape index (κ3) is 7.30. The van der Waals surface area contributed by atoms with Crippen molar-refractivity contribution < 1.29 is 14.3 Å². The quantitative estimate of drug-likeness (QED) is 0.310. The van der Waals surface area contributed by atoms with E-state index >= 15 is 0 Å². The van der Waals surface area contributed by atoms with Gasteiger partial charge in [0.15, 0.2) is 5.78 Å². The highest BCUT2D eigenvalue weighted by Crippen LogP contribution is 2.32. The number of nitrogens with one attached hydrogen (secondary N) is 1. The highest BCUT2D eigenvalue weighted by Gasteiger charge is 2.23. The summed E-state index contributed by atoms with van der Waals surface area (Å²) in [5.74, 6) is 1.17. The standard InChI is InChI=1S/C32H38N2O3/c1-23(2)32(36)33-28-13-9-12-27(22-28)25-16-19-34(20-17-25)21-18-30(26-10-5-4-6-11-26)37-31-15-8-7-14-29(31)24(3)35/h4-15,22-23,25,30H,16-21H2,1-3H3,(H,33,36)/t30-/m0/s1. The lowest BCUT2D eigenvalue weighted by atomic mass is 9.89. The number of rotatable bonds is 10. The number of para-hydroxylation sites is 1. The molecule has 4 rings (SSSR count). The Hall–Kier alpha value is -3.44. The van der Waals surface area contributed by atoms with Gasteiger partial charge in [-0.05, 0) is 74.2 Å². The van der Waals surface area contributed by atoms with E-state index < -0.39 is 0 Å². The monoisotopic (exact) mass is 498 g/mol. The fourth-order valence-corrected chi connectivity index (χ4v) is 4.92. The largest absolute Gasteiger partial charge is 0.485 e. The Morgan fingerprint density at radius 1 is 0.946 bits per heavy atom. The first kappa shape index (κ1) is 26.6. The van der Waals surface area contributed by atoms with Crippen molar-refractivity contribution in [2.45, 2.75) is 52.1 Å². The minimum absolute atomic E-state index is 0.0114. The van der Waals surface area contributed by atoms with Gasteiger partial charge in [-0.1, -0.05) is 68.4 Å². The van der Waals surface area contributed by atoms with Crippen LogP contribution in [0.25, 0.3) is 0 Å². The molecule has 5 nitrogen and oxygen atoms in total. The second kappa shape index (κ2) is 12.7. The number of piperidine rings is 1. The second-order valence-corrected chi connectivity index (χ2v) is 10.2. The molecule has 3 aromatic rings. The lowest BCUT2D eigenvalue weighted by Crippen LogP contribution is -2.34. The maximum Gasteiger partial charge on any atom is 0.226 e. The van der Waals surface area contributed by atoms with Gasteiger partial charge in [0.05, 0.1) is 5.56 Å². The maximum atomic E-state index is 12.1. The molecule has 0 aliphatic carbocycles.